The van der Waals surface area contributed by atoms with Crippen LogP contribution in [0.2, 0.25) is 5.02 Å². The number of hydrogen-bond donors (Lipinski definition) is 1. The van der Waals surface area contributed by atoms with Gasteiger partial charge in [0.15, 0.2) is 0 Å². The number of hydrogen-bond acceptors (Lipinski definition) is 3. The summed E-state index contributed by atoms with van der Waals surface area (Å²) in [5, 5.41) is 4.78. The highest BCUT2D eigenvalue weighted by molar-refractivity contribution is 6.30. The second kappa shape index (κ2) is 8.41. The number of methoxy groups -OCH3 is 1. The molecule has 1 aliphatic carbocycles. The van der Waals surface area contributed by atoms with Crippen molar-refractivity contribution < 1.29 is 14.3 Å². The van der Waals surface area contributed by atoms with Gasteiger partial charge < -0.3 is 14.6 Å². The molecule has 1 fully saturated rings. The average molecular weight is 466 g/mol. The molecule has 0 radical (unpaired) electrons. The van der Waals surface area contributed by atoms with Crippen molar-refractivity contribution in [2.75, 3.05) is 12.0 Å². The monoisotopic (exact) mass is 465 g/mol. The van der Waals surface area contributed by atoms with Gasteiger partial charge in [0.1, 0.15) is 17.0 Å². The minimum Gasteiger partial charge on any atom is -0.497 e. The van der Waals surface area contributed by atoms with Gasteiger partial charge in [-0.2, -0.15) is 0 Å². The fourth-order valence-corrected chi connectivity index (χ4v) is 5.31. The van der Waals surface area contributed by atoms with E-state index in [1.54, 1.807) is 36.3 Å². The summed E-state index contributed by atoms with van der Waals surface area (Å²) in [7, 11) is 1.62. The Morgan fingerprint density at radius 3 is 2.52 bits per heavy atom. The maximum absolute atomic E-state index is 13.9. The fourth-order valence-electron chi connectivity index (χ4n) is 5.18. The highest BCUT2D eigenvalue weighted by Crippen LogP contribution is 2.37. The summed E-state index contributed by atoms with van der Waals surface area (Å²) >= 11 is 6.11. The third-order valence-corrected chi connectivity index (χ3v) is 7.26. The second-order valence-electron chi connectivity index (χ2n) is 9.24. The summed E-state index contributed by atoms with van der Waals surface area (Å²) in [5.74, 6) is 0.373. The van der Waals surface area contributed by atoms with Crippen LogP contribution in [0.4, 0.5) is 5.69 Å². The number of anilines is 1. The lowest BCUT2D eigenvalue weighted by Gasteiger charge is -2.44. The first-order chi connectivity index (χ1) is 15.9. The number of carbonyl (C=O) groups excluding carboxylic acids is 2. The summed E-state index contributed by atoms with van der Waals surface area (Å²) < 4.78 is 7.36. The Hall–Kier alpha value is -2.99. The number of rotatable bonds is 4. The Kier molecular flexibility index (Phi) is 5.57. The van der Waals surface area contributed by atoms with Gasteiger partial charge in [-0.15, -0.1) is 0 Å². The number of ether oxygens (including phenoxy) is 1. The summed E-state index contributed by atoms with van der Waals surface area (Å²) in [6, 6.07) is 14.9. The smallest absolute Gasteiger partial charge is 0.275 e. The Morgan fingerprint density at radius 2 is 1.82 bits per heavy atom. The molecule has 0 spiro atoms. The lowest BCUT2D eigenvalue weighted by atomic mass is 9.91. The molecule has 7 heteroatoms. The molecule has 1 aromatic heterocycles. The van der Waals surface area contributed by atoms with E-state index < -0.39 is 5.54 Å². The number of fused-ring (bicyclic) bond motifs is 3. The zero-order valence-electron chi connectivity index (χ0n) is 18.9. The third kappa shape index (κ3) is 3.76. The molecule has 5 rings (SSSR count). The summed E-state index contributed by atoms with van der Waals surface area (Å²) in [6.45, 7) is 2.19. The van der Waals surface area contributed by atoms with Crippen molar-refractivity contribution in [1.29, 1.82) is 0 Å². The molecule has 6 nitrogen and oxygen atoms in total. The summed E-state index contributed by atoms with van der Waals surface area (Å²) in [4.78, 5) is 29.3. The molecule has 1 atom stereocenters. The number of amides is 2. The van der Waals surface area contributed by atoms with Crippen molar-refractivity contribution >= 4 is 40.0 Å². The Bertz CT molecular complexity index is 1210. The molecular weight excluding hydrogens is 438 g/mol. The average Bonchev–Trinajstić information content (AvgIpc) is 3.18. The number of halogens is 1. The van der Waals surface area contributed by atoms with E-state index in [4.69, 9.17) is 16.3 Å². The lowest BCUT2D eigenvalue weighted by Crippen LogP contribution is -2.65. The molecule has 1 saturated carbocycles. The maximum Gasteiger partial charge on any atom is 0.275 e. The lowest BCUT2D eigenvalue weighted by molar-refractivity contribution is -0.127. The van der Waals surface area contributed by atoms with Crippen LogP contribution < -0.4 is 15.0 Å². The van der Waals surface area contributed by atoms with E-state index in [0.717, 1.165) is 36.6 Å². The summed E-state index contributed by atoms with van der Waals surface area (Å²) in [6.07, 6.45) is 5.40. The quantitative estimate of drug-likeness (QED) is 0.578. The van der Waals surface area contributed by atoms with E-state index in [0.29, 0.717) is 28.7 Å². The first kappa shape index (κ1) is 21.8. The zero-order valence-corrected chi connectivity index (χ0v) is 19.7. The number of nitrogens with one attached hydrogen (secondary N) is 1. The maximum atomic E-state index is 13.9. The Morgan fingerprint density at radius 1 is 1.09 bits per heavy atom. The Labute approximate surface area is 198 Å². The number of aromatic nitrogens is 1. The van der Waals surface area contributed by atoms with Gasteiger partial charge in [-0.3, -0.25) is 14.5 Å². The minimum atomic E-state index is -1.11. The molecule has 2 aliphatic rings. The van der Waals surface area contributed by atoms with Crippen LogP contribution in [0.1, 0.15) is 49.5 Å². The van der Waals surface area contributed by atoms with E-state index in [9.17, 15) is 9.59 Å². The van der Waals surface area contributed by atoms with E-state index >= 15 is 0 Å². The first-order valence-corrected chi connectivity index (χ1v) is 11.9. The minimum absolute atomic E-state index is 0.131. The van der Waals surface area contributed by atoms with Gasteiger partial charge in [-0.1, -0.05) is 30.9 Å². The van der Waals surface area contributed by atoms with E-state index in [2.05, 4.69) is 5.32 Å². The number of benzene rings is 2. The standard InChI is InChI=1S/C26H28ClN3O3/c1-26(25(32)28-19-6-4-3-5-7-19)16-29-22-15-21(33-2)13-8-17(22)14-23(29)24(31)30(26)20-11-9-18(27)10-12-20/h8-15,19H,3-7,16H2,1-2H3,(H,28,32)/t26-/m0/s1. The van der Waals surface area contributed by atoms with Crippen LogP contribution in [-0.2, 0) is 11.3 Å². The van der Waals surface area contributed by atoms with Crippen LogP contribution in [0, 0.1) is 0 Å². The highest BCUT2D eigenvalue weighted by Gasteiger charge is 2.49. The van der Waals surface area contributed by atoms with Crippen molar-refractivity contribution in [2.24, 2.45) is 0 Å². The molecule has 1 N–H and O–H groups in total. The van der Waals surface area contributed by atoms with Crippen molar-refractivity contribution in [3.63, 3.8) is 0 Å². The van der Waals surface area contributed by atoms with Crippen LogP contribution in [0.15, 0.2) is 48.5 Å². The second-order valence-corrected chi connectivity index (χ2v) is 9.68. The van der Waals surface area contributed by atoms with Crippen molar-refractivity contribution in [2.45, 2.75) is 57.2 Å². The first-order valence-electron chi connectivity index (χ1n) is 11.5. The van der Waals surface area contributed by atoms with Crippen molar-refractivity contribution in [3.05, 3.63) is 59.2 Å². The van der Waals surface area contributed by atoms with Gasteiger partial charge in [0, 0.05) is 28.2 Å². The van der Waals surface area contributed by atoms with Crippen LogP contribution in [-0.4, -0.2) is 35.1 Å². The van der Waals surface area contributed by atoms with Gasteiger partial charge in [0.25, 0.3) is 5.91 Å². The third-order valence-electron chi connectivity index (χ3n) is 7.01. The van der Waals surface area contributed by atoms with E-state index in [1.807, 2.05) is 35.8 Å². The molecule has 2 heterocycles. The van der Waals surface area contributed by atoms with Crippen LogP contribution in [0.25, 0.3) is 10.9 Å². The molecule has 0 saturated heterocycles. The number of nitrogens with zero attached hydrogens (tertiary/aromatic N) is 2. The Balaban J connectivity index is 1.62. The molecule has 2 amide bonds. The predicted octanol–water partition coefficient (Wildman–Crippen LogP) is 5.17. The van der Waals surface area contributed by atoms with Crippen LogP contribution >= 0.6 is 11.6 Å². The van der Waals surface area contributed by atoms with Gasteiger partial charge in [-0.05, 0) is 62.2 Å². The van der Waals surface area contributed by atoms with Gasteiger partial charge >= 0.3 is 0 Å². The topological polar surface area (TPSA) is 63.6 Å². The molecule has 3 aromatic rings. The molecule has 0 bridgehead atoms. The van der Waals surface area contributed by atoms with E-state index in [-0.39, 0.29) is 17.9 Å². The highest BCUT2D eigenvalue weighted by atomic mass is 35.5. The van der Waals surface area contributed by atoms with Gasteiger partial charge in [-0.25, -0.2) is 0 Å². The molecular formula is C26H28ClN3O3. The van der Waals surface area contributed by atoms with Crippen LogP contribution in [0.5, 0.6) is 5.75 Å². The molecule has 172 valence electrons. The molecule has 0 unspecified atom stereocenters. The molecule has 33 heavy (non-hydrogen) atoms. The molecule has 2 aromatic carbocycles. The SMILES string of the molecule is COc1ccc2cc3n(c2c1)C[C@@](C)(C(=O)NC1CCCCC1)N(c1ccc(Cl)cc1)C3=O. The normalized spacial score (nSPS) is 21.2. The fraction of sp³-hybridized carbons (Fsp3) is 0.385. The summed E-state index contributed by atoms with van der Waals surface area (Å²) in [5.41, 5.74) is 0.978. The van der Waals surface area contributed by atoms with Gasteiger partial charge in [0.2, 0.25) is 5.91 Å². The number of carbonyl (C=O) groups is 2. The van der Waals surface area contributed by atoms with Crippen LogP contribution in [0.3, 0.4) is 0 Å². The largest absolute Gasteiger partial charge is 0.497 e. The van der Waals surface area contributed by atoms with Gasteiger partial charge in [0.05, 0.1) is 19.2 Å². The zero-order chi connectivity index (χ0) is 23.2. The van der Waals surface area contributed by atoms with Crippen molar-refractivity contribution in [3.8, 4) is 5.75 Å². The van der Waals surface area contributed by atoms with Crippen molar-refractivity contribution in [1.82, 2.24) is 9.88 Å². The predicted molar refractivity (Wildman–Crippen MR) is 130 cm³/mol. The molecule has 1 aliphatic heterocycles. The van der Waals surface area contributed by atoms with E-state index in [1.165, 1.54) is 6.42 Å².